The predicted molar refractivity (Wildman–Crippen MR) is 78.9 cm³/mol. The van der Waals surface area contributed by atoms with E-state index < -0.39 is 0 Å². The number of benzene rings is 1. The standard InChI is InChI=1S/C14H16N6/c1-16-6-7-17-13-8-14(19-10-18-13)20-12-5-3-2-4-11(12)9-15/h2-5,8,10,16H,6-7H2,1H3,(H2,17,18,19,20). The fourth-order valence-electron chi connectivity index (χ4n) is 1.67. The summed E-state index contributed by atoms with van der Waals surface area (Å²) >= 11 is 0. The summed E-state index contributed by atoms with van der Waals surface area (Å²) in [5.74, 6) is 1.39. The number of nitrogens with zero attached hydrogens (tertiary/aromatic N) is 3. The van der Waals surface area contributed by atoms with Crippen LogP contribution >= 0.6 is 0 Å². The third kappa shape index (κ3) is 3.67. The molecule has 6 nitrogen and oxygen atoms in total. The molecule has 102 valence electrons. The van der Waals surface area contributed by atoms with Gasteiger partial charge in [0.15, 0.2) is 0 Å². The van der Waals surface area contributed by atoms with Gasteiger partial charge in [-0.25, -0.2) is 9.97 Å². The Balaban J connectivity index is 2.10. The maximum Gasteiger partial charge on any atom is 0.135 e. The first-order valence-corrected chi connectivity index (χ1v) is 6.30. The van der Waals surface area contributed by atoms with Gasteiger partial charge in [-0.3, -0.25) is 0 Å². The molecule has 2 rings (SSSR count). The van der Waals surface area contributed by atoms with Gasteiger partial charge in [-0.2, -0.15) is 5.26 Å². The monoisotopic (exact) mass is 268 g/mol. The zero-order valence-electron chi connectivity index (χ0n) is 11.2. The van der Waals surface area contributed by atoms with Crippen molar-refractivity contribution in [3.63, 3.8) is 0 Å². The summed E-state index contributed by atoms with van der Waals surface area (Å²) in [5, 5.41) is 18.4. The summed E-state index contributed by atoms with van der Waals surface area (Å²) in [6, 6.07) is 11.3. The van der Waals surface area contributed by atoms with Gasteiger partial charge in [-0.1, -0.05) is 12.1 Å². The van der Waals surface area contributed by atoms with Gasteiger partial charge >= 0.3 is 0 Å². The third-order valence-electron chi connectivity index (χ3n) is 2.66. The molecule has 0 spiro atoms. The number of aromatic nitrogens is 2. The first kappa shape index (κ1) is 13.8. The summed E-state index contributed by atoms with van der Waals surface area (Å²) < 4.78 is 0. The largest absolute Gasteiger partial charge is 0.369 e. The highest BCUT2D eigenvalue weighted by Gasteiger charge is 2.03. The van der Waals surface area contributed by atoms with Crippen molar-refractivity contribution in [2.75, 3.05) is 30.8 Å². The Hall–Kier alpha value is -2.65. The summed E-state index contributed by atoms with van der Waals surface area (Å²) in [6.45, 7) is 1.63. The minimum atomic E-state index is 0.579. The Morgan fingerprint density at radius 2 is 1.95 bits per heavy atom. The van der Waals surface area contributed by atoms with Crippen LogP contribution in [0.3, 0.4) is 0 Å². The van der Waals surface area contributed by atoms with Crippen molar-refractivity contribution in [1.82, 2.24) is 15.3 Å². The number of para-hydroxylation sites is 1. The summed E-state index contributed by atoms with van der Waals surface area (Å²) in [6.07, 6.45) is 1.49. The van der Waals surface area contributed by atoms with Gasteiger partial charge in [0.1, 0.15) is 24.0 Å². The molecule has 20 heavy (non-hydrogen) atoms. The van der Waals surface area contributed by atoms with Crippen molar-refractivity contribution >= 4 is 17.3 Å². The van der Waals surface area contributed by atoms with Gasteiger partial charge in [0.25, 0.3) is 0 Å². The van der Waals surface area contributed by atoms with Gasteiger partial charge < -0.3 is 16.0 Å². The molecule has 2 aromatic rings. The van der Waals surface area contributed by atoms with Crippen molar-refractivity contribution in [3.05, 3.63) is 42.2 Å². The normalized spacial score (nSPS) is 9.80. The average Bonchev–Trinajstić information content (AvgIpc) is 2.48. The molecule has 0 aliphatic rings. The molecule has 0 fully saturated rings. The van der Waals surface area contributed by atoms with Gasteiger partial charge in [0.2, 0.25) is 0 Å². The van der Waals surface area contributed by atoms with Crippen LogP contribution in [0.1, 0.15) is 5.56 Å². The maximum absolute atomic E-state index is 9.05. The van der Waals surface area contributed by atoms with Gasteiger partial charge in [-0.05, 0) is 19.2 Å². The molecular weight excluding hydrogens is 252 g/mol. The molecule has 0 amide bonds. The Morgan fingerprint density at radius 1 is 1.15 bits per heavy atom. The van der Waals surface area contributed by atoms with Crippen molar-refractivity contribution in [1.29, 1.82) is 5.26 Å². The lowest BCUT2D eigenvalue weighted by atomic mass is 10.2. The van der Waals surface area contributed by atoms with Crippen molar-refractivity contribution in [2.45, 2.75) is 0 Å². The average molecular weight is 268 g/mol. The lowest BCUT2D eigenvalue weighted by Gasteiger charge is -2.09. The Morgan fingerprint density at radius 3 is 2.75 bits per heavy atom. The van der Waals surface area contributed by atoms with Crippen LogP contribution in [0.15, 0.2) is 36.7 Å². The van der Waals surface area contributed by atoms with Crippen LogP contribution in [0.4, 0.5) is 17.3 Å². The lowest BCUT2D eigenvalue weighted by molar-refractivity contribution is 0.821. The zero-order chi connectivity index (χ0) is 14.2. The molecule has 0 atom stereocenters. The van der Waals surface area contributed by atoms with Crippen LogP contribution < -0.4 is 16.0 Å². The van der Waals surface area contributed by atoms with Crippen LogP contribution in [0, 0.1) is 11.3 Å². The van der Waals surface area contributed by atoms with E-state index in [2.05, 4.69) is 32.0 Å². The number of rotatable bonds is 6. The Labute approximate surface area is 117 Å². The molecule has 1 aromatic carbocycles. The minimum Gasteiger partial charge on any atom is -0.369 e. The van der Waals surface area contributed by atoms with E-state index in [9.17, 15) is 0 Å². The highest BCUT2D eigenvalue weighted by molar-refractivity contribution is 5.65. The molecule has 3 N–H and O–H groups in total. The minimum absolute atomic E-state index is 0.579. The van der Waals surface area contributed by atoms with Crippen LogP contribution in [-0.4, -0.2) is 30.1 Å². The molecule has 6 heteroatoms. The fraction of sp³-hybridized carbons (Fsp3) is 0.214. The summed E-state index contributed by atoms with van der Waals surface area (Å²) in [4.78, 5) is 8.29. The number of nitrogens with one attached hydrogen (secondary N) is 3. The molecule has 0 radical (unpaired) electrons. The van der Waals surface area contributed by atoms with E-state index in [0.29, 0.717) is 11.4 Å². The van der Waals surface area contributed by atoms with Crippen molar-refractivity contribution in [2.24, 2.45) is 0 Å². The third-order valence-corrected chi connectivity index (χ3v) is 2.66. The van der Waals surface area contributed by atoms with E-state index in [1.807, 2.05) is 31.3 Å². The van der Waals surface area contributed by atoms with Crippen LogP contribution in [-0.2, 0) is 0 Å². The lowest BCUT2D eigenvalue weighted by Crippen LogP contribution is -2.18. The van der Waals surface area contributed by atoms with Gasteiger partial charge in [0.05, 0.1) is 11.3 Å². The predicted octanol–water partition coefficient (Wildman–Crippen LogP) is 1.72. The zero-order valence-corrected chi connectivity index (χ0v) is 11.2. The van der Waals surface area contributed by atoms with E-state index in [1.165, 1.54) is 6.33 Å². The molecule has 1 heterocycles. The Bertz CT molecular complexity index is 605. The van der Waals surface area contributed by atoms with E-state index in [1.54, 1.807) is 6.07 Å². The van der Waals surface area contributed by atoms with Crippen molar-refractivity contribution in [3.8, 4) is 6.07 Å². The van der Waals surface area contributed by atoms with Crippen LogP contribution in [0.2, 0.25) is 0 Å². The van der Waals surface area contributed by atoms with E-state index in [0.717, 1.165) is 24.6 Å². The fourth-order valence-corrected chi connectivity index (χ4v) is 1.67. The molecule has 0 unspecified atom stereocenters. The second-order valence-electron chi connectivity index (χ2n) is 4.10. The topological polar surface area (TPSA) is 85.7 Å². The number of anilines is 3. The smallest absolute Gasteiger partial charge is 0.135 e. The molecule has 0 bridgehead atoms. The molecule has 0 saturated carbocycles. The van der Waals surface area contributed by atoms with Gasteiger partial charge in [0, 0.05) is 19.2 Å². The quantitative estimate of drug-likeness (QED) is 0.692. The Kier molecular flexibility index (Phi) is 4.87. The number of hydrogen-bond acceptors (Lipinski definition) is 6. The van der Waals surface area contributed by atoms with Crippen molar-refractivity contribution < 1.29 is 0 Å². The summed E-state index contributed by atoms with van der Waals surface area (Å²) in [7, 11) is 1.90. The number of likely N-dealkylation sites (N-methyl/N-ethyl adjacent to an activating group) is 1. The number of hydrogen-bond donors (Lipinski definition) is 3. The molecule has 0 aliphatic carbocycles. The first-order valence-electron chi connectivity index (χ1n) is 6.30. The first-order chi connectivity index (χ1) is 9.83. The molecular formula is C14H16N6. The van der Waals surface area contributed by atoms with E-state index in [-0.39, 0.29) is 0 Å². The van der Waals surface area contributed by atoms with Crippen LogP contribution in [0.5, 0.6) is 0 Å². The SMILES string of the molecule is CNCCNc1cc(Nc2ccccc2C#N)ncn1. The molecule has 1 aromatic heterocycles. The summed E-state index contributed by atoms with van der Waals surface area (Å²) in [5.41, 5.74) is 1.31. The highest BCUT2D eigenvalue weighted by atomic mass is 15.1. The van der Waals surface area contributed by atoms with E-state index in [4.69, 9.17) is 5.26 Å². The molecule has 0 saturated heterocycles. The van der Waals surface area contributed by atoms with Gasteiger partial charge in [-0.15, -0.1) is 0 Å². The second kappa shape index (κ2) is 7.07. The second-order valence-corrected chi connectivity index (χ2v) is 4.10. The highest BCUT2D eigenvalue weighted by Crippen LogP contribution is 2.19. The van der Waals surface area contributed by atoms with E-state index >= 15 is 0 Å². The molecule has 0 aliphatic heterocycles. The number of nitriles is 1. The van der Waals surface area contributed by atoms with Crippen LogP contribution in [0.25, 0.3) is 0 Å². The maximum atomic E-state index is 9.05.